The fraction of sp³-hybridized carbons (Fsp3) is 0.105. The molecule has 3 rings (SSSR count). The van der Waals surface area contributed by atoms with Crippen LogP contribution >= 0.6 is 0 Å². The van der Waals surface area contributed by atoms with E-state index in [-0.39, 0.29) is 0 Å². The molecule has 0 saturated carbocycles. The van der Waals surface area contributed by atoms with Gasteiger partial charge in [-0.2, -0.15) is 4.57 Å². The van der Waals surface area contributed by atoms with Gasteiger partial charge in [0.25, 0.3) is 0 Å². The summed E-state index contributed by atoms with van der Waals surface area (Å²) in [5.74, 6) is 0. The van der Waals surface area contributed by atoms with Crippen molar-refractivity contribution in [3.8, 4) is 11.3 Å². The molecular weight excluding hydrogens is 242 g/mol. The number of benzene rings is 2. The highest BCUT2D eigenvalue weighted by Gasteiger charge is 2.12. The van der Waals surface area contributed by atoms with Gasteiger partial charge in [-0.25, -0.2) is 0 Å². The van der Waals surface area contributed by atoms with Crippen LogP contribution in [0.1, 0.15) is 11.1 Å². The first kappa shape index (κ1) is 12.6. The van der Waals surface area contributed by atoms with E-state index in [1.165, 1.54) is 22.4 Å². The van der Waals surface area contributed by atoms with E-state index >= 15 is 0 Å². The number of hydrogen-bond acceptors (Lipinski definition) is 0. The Labute approximate surface area is 120 Å². The Bertz CT molecular complexity index is 702. The summed E-state index contributed by atoms with van der Waals surface area (Å²) >= 11 is 0. The zero-order valence-corrected chi connectivity index (χ0v) is 11.7. The molecule has 3 aromatic rings. The van der Waals surface area contributed by atoms with E-state index in [0.29, 0.717) is 0 Å². The predicted molar refractivity (Wildman–Crippen MR) is 82.4 cm³/mol. The SMILES string of the molecule is Cc1cccc(-c2cccc[n+]2Cc2ccccc2)c1. The lowest BCUT2D eigenvalue weighted by molar-refractivity contribution is -0.677. The lowest BCUT2D eigenvalue weighted by atomic mass is 10.1. The molecule has 0 saturated heterocycles. The molecule has 0 unspecified atom stereocenters. The molecule has 0 amide bonds. The highest BCUT2D eigenvalue weighted by Crippen LogP contribution is 2.16. The van der Waals surface area contributed by atoms with Crippen LogP contribution in [0.4, 0.5) is 0 Å². The molecule has 0 aliphatic carbocycles. The van der Waals surface area contributed by atoms with Gasteiger partial charge in [0.05, 0.1) is 0 Å². The minimum Gasteiger partial charge on any atom is -0.194 e. The second-order valence-electron chi connectivity index (χ2n) is 5.07. The van der Waals surface area contributed by atoms with Crippen LogP contribution in [-0.2, 0) is 6.54 Å². The van der Waals surface area contributed by atoms with Crippen molar-refractivity contribution in [2.45, 2.75) is 13.5 Å². The first-order valence-electron chi connectivity index (χ1n) is 6.92. The molecule has 1 heterocycles. The van der Waals surface area contributed by atoms with Gasteiger partial charge < -0.3 is 0 Å². The van der Waals surface area contributed by atoms with E-state index in [9.17, 15) is 0 Å². The molecule has 0 atom stereocenters. The summed E-state index contributed by atoms with van der Waals surface area (Å²) in [6.07, 6.45) is 2.14. The van der Waals surface area contributed by atoms with Crippen molar-refractivity contribution in [2.24, 2.45) is 0 Å². The van der Waals surface area contributed by atoms with Crippen molar-refractivity contribution in [1.29, 1.82) is 0 Å². The van der Waals surface area contributed by atoms with Gasteiger partial charge in [-0.15, -0.1) is 0 Å². The Morgan fingerprint density at radius 1 is 0.800 bits per heavy atom. The molecule has 0 aliphatic rings. The van der Waals surface area contributed by atoms with E-state index in [2.05, 4.69) is 90.5 Å². The van der Waals surface area contributed by atoms with Gasteiger partial charge in [-0.05, 0) is 25.1 Å². The van der Waals surface area contributed by atoms with Crippen molar-refractivity contribution < 1.29 is 4.57 Å². The van der Waals surface area contributed by atoms with Gasteiger partial charge in [0, 0.05) is 23.3 Å². The average Bonchev–Trinajstić information content (AvgIpc) is 2.49. The number of pyridine rings is 1. The van der Waals surface area contributed by atoms with Crippen LogP contribution in [0.15, 0.2) is 79.0 Å². The summed E-state index contributed by atoms with van der Waals surface area (Å²) in [5, 5.41) is 0. The summed E-state index contributed by atoms with van der Waals surface area (Å²) in [7, 11) is 0. The Morgan fingerprint density at radius 3 is 2.40 bits per heavy atom. The molecule has 0 fully saturated rings. The lowest BCUT2D eigenvalue weighted by Gasteiger charge is -2.05. The Hall–Kier alpha value is -2.41. The summed E-state index contributed by atoms with van der Waals surface area (Å²) in [6, 6.07) is 25.6. The molecule has 0 aliphatic heterocycles. The third-order valence-electron chi connectivity index (χ3n) is 3.45. The van der Waals surface area contributed by atoms with Gasteiger partial charge in [0.1, 0.15) is 0 Å². The van der Waals surface area contributed by atoms with E-state index in [1.54, 1.807) is 0 Å². The van der Waals surface area contributed by atoms with E-state index in [0.717, 1.165) is 6.54 Å². The maximum absolute atomic E-state index is 2.30. The Morgan fingerprint density at radius 2 is 1.60 bits per heavy atom. The lowest BCUT2D eigenvalue weighted by Crippen LogP contribution is -2.36. The molecule has 0 bridgehead atoms. The number of hydrogen-bond donors (Lipinski definition) is 0. The first-order valence-corrected chi connectivity index (χ1v) is 6.92. The van der Waals surface area contributed by atoms with Crippen LogP contribution in [0.25, 0.3) is 11.3 Å². The molecule has 0 N–H and O–H groups in total. The van der Waals surface area contributed by atoms with Crippen LogP contribution < -0.4 is 4.57 Å². The maximum Gasteiger partial charge on any atom is 0.212 e. The molecule has 1 nitrogen and oxygen atoms in total. The zero-order valence-electron chi connectivity index (χ0n) is 11.7. The minimum absolute atomic E-state index is 0.894. The van der Waals surface area contributed by atoms with Crippen LogP contribution in [0, 0.1) is 6.92 Å². The largest absolute Gasteiger partial charge is 0.212 e. The minimum atomic E-state index is 0.894. The van der Waals surface area contributed by atoms with Crippen molar-refractivity contribution in [3.63, 3.8) is 0 Å². The normalized spacial score (nSPS) is 10.4. The van der Waals surface area contributed by atoms with Crippen LogP contribution in [0.2, 0.25) is 0 Å². The van der Waals surface area contributed by atoms with Crippen molar-refractivity contribution in [1.82, 2.24) is 0 Å². The molecule has 98 valence electrons. The third-order valence-corrected chi connectivity index (χ3v) is 3.45. The molecule has 1 heteroatoms. The molecule has 1 aromatic heterocycles. The van der Waals surface area contributed by atoms with Crippen molar-refractivity contribution >= 4 is 0 Å². The van der Waals surface area contributed by atoms with Gasteiger partial charge in [-0.3, -0.25) is 0 Å². The summed E-state index contributed by atoms with van der Waals surface area (Å²) in [6.45, 7) is 3.03. The average molecular weight is 260 g/mol. The third kappa shape index (κ3) is 2.77. The summed E-state index contributed by atoms with van der Waals surface area (Å²) in [4.78, 5) is 0. The predicted octanol–water partition coefficient (Wildman–Crippen LogP) is 4.00. The van der Waals surface area contributed by atoms with E-state index in [1.807, 2.05) is 0 Å². The van der Waals surface area contributed by atoms with Gasteiger partial charge in [0.2, 0.25) is 5.69 Å². The highest BCUT2D eigenvalue weighted by molar-refractivity contribution is 5.56. The number of rotatable bonds is 3. The van der Waals surface area contributed by atoms with Crippen molar-refractivity contribution in [3.05, 3.63) is 90.1 Å². The Kier molecular flexibility index (Phi) is 3.60. The molecule has 20 heavy (non-hydrogen) atoms. The van der Waals surface area contributed by atoms with Crippen LogP contribution in [-0.4, -0.2) is 0 Å². The van der Waals surface area contributed by atoms with Gasteiger partial charge >= 0.3 is 0 Å². The quantitative estimate of drug-likeness (QED) is 0.627. The number of nitrogens with zero attached hydrogens (tertiary/aromatic N) is 1. The monoisotopic (exact) mass is 260 g/mol. The van der Waals surface area contributed by atoms with Gasteiger partial charge in [0.15, 0.2) is 12.7 Å². The second kappa shape index (κ2) is 5.70. The second-order valence-corrected chi connectivity index (χ2v) is 5.07. The maximum atomic E-state index is 2.30. The Balaban J connectivity index is 2.00. The topological polar surface area (TPSA) is 3.88 Å². The van der Waals surface area contributed by atoms with Crippen LogP contribution in [0.5, 0.6) is 0 Å². The molecule has 2 aromatic carbocycles. The molecule has 0 spiro atoms. The summed E-state index contributed by atoms with van der Waals surface area (Å²) in [5.41, 5.74) is 5.12. The standard InChI is InChI=1S/C19H18N/c1-16-8-7-11-18(14-16)19-12-5-6-13-20(19)15-17-9-3-2-4-10-17/h2-14H,15H2,1H3/q+1. The number of aryl methyl sites for hydroxylation is 1. The molecule has 0 radical (unpaired) electrons. The first-order chi connectivity index (χ1) is 9.83. The van der Waals surface area contributed by atoms with Crippen molar-refractivity contribution in [2.75, 3.05) is 0 Å². The van der Waals surface area contributed by atoms with Crippen LogP contribution in [0.3, 0.4) is 0 Å². The summed E-state index contributed by atoms with van der Waals surface area (Å²) < 4.78 is 2.30. The van der Waals surface area contributed by atoms with E-state index in [4.69, 9.17) is 0 Å². The number of aromatic nitrogens is 1. The smallest absolute Gasteiger partial charge is 0.194 e. The van der Waals surface area contributed by atoms with Gasteiger partial charge in [-0.1, -0.05) is 48.0 Å². The fourth-order valence-corrected chi connectivity index (χ4v) is 2.46. The zero-order chi connectivity index (χ0) is 13.8. The molecular formula is C19H18N+. The fourth-order valence-electron chi connectivity index (χ4n) is 2.46. The van der Waals surface area contributed by atoms with E-state index < -0.39 is 0 Å². The highest BCUT2D eigenvalue weighted by atomic mass is 15.0.